The number of aromatic nitrogens is 1. The molecule has 0 unspecified atom stereocenters. The Bertz CT molecular complexity index is 615. The summed E-state index contributed by atoms with van der Waals surface area (Å²) < 4.78 is 0. The summed E-state index contributed by atoms with van der Waals surface area (Å²) in [6, 6.07) is 9.24. The maximum atomic E-state index is 12.2. The van der Waals surface area contributed by atoms with Crippen LogP contribution in [0, 0.1) is 20.8 Å². The van der Waals surface area contributed by atoms with Crippen LogP contribution in [0.4, 0.5) is 11.5 Å². The van der Waals surface area contributed by atoms with E-state index in [1.165, 1.54) is 0 Å². The van der Waals surface area contributed by atoms with Gasteiger partial charge in [0.25, 0.3) is 5.91 Å². The molecule has 4 heteroatoms. The molecule has 2 aromatic rings. The van der Waals surface area contributed by atoms with E-state index in [1.54, 1.807) is 12.1 Å². The Kier molecular flexibility index (Phi) is 3.51. The van der Waals surface area contributed by atoms with Gasteiger partial charge in [-0.15, -0.1) is 0 Å². The highest BCUT2D eigenvalue weighted by atomic mass is 16.1. The van der Waals surface area contributed by atoms with Crippen molar-refractivity contribution in [3.05, 3.63) is 52.7 Å². The van der Waals surface area contributed by atoms with Crippen molar-refractivity contribution in [1.82, 2.24) is 4.98 Å². The number of carbonyl (C=O) groups is 1. The van der Waals surface area contributed by atoms with E-state index in [-0.39, 0.29) is 5.91 Å². The fraction of sp³-hybridized carbons (Fsp3) is 0.200. The van der Waals surface area contributed by atoms with E-state index in [9.17, 15) is 4.79 Å². The van der Waals surface area contributed by atoms with E-state index in [2.05, 4.69) is 10.3 Å². The number of hydrogen-bond donors (Lipinski definition) is 2. The first-order valence-electron chi connectivity index (χ1n) is 6.08. The molecule has 0 saturated carbocycles. The highest BCUT2D eigenvalue weighted by molar-refractivity contribution is 6.05. The van der Waals surface area contributed by atoms with E-state index in [1.807, 2.05) is 39.0 Å². The van der Waals surface area contributed by atoms with E-state index in [0.29, 0.717) is 11.4 Å². The molecule has 3 N–H and O–H groups in total. The number of nitrogens with one attached hydrogen (secondary N) is 1. The van der Waals surface area contributed by atoms with Crippen LogP contribution in [0.1, 0.15) is 27.2 Å². The van der Waals surface area contributed by atoms with Gasteiger partial charge in [0.15, 0.2) is 0 Å². The predicted octanol–water partition coefficient (Wildman–Crippen LogP) is 2.84. The lowest BCUT2D eigenvalue weighted by Crippen LogP contribution is -2.14. The summed E-state index contributed by atoms with van der Waals surface area (Å²) in [5, 5.41) is 2.90. The van der Waals surface area contributed by atoms with Gasteiger partial charge in [-0.3, -0.25) is 4.79 Å². The normalized spacial score (nSPS) is 10.3. The van der Waals surface area contributed by atoms with Gasteiger partial charge in [-0.2, -0.15) is 0 Å². The van der Waals surface area contributed by atoms with Gasteiger partial charge >= 0.3 is 0 Å². The molecule has 0 saturated heterocycles. The number of amides is 1. The van der Waals surface area contributed by atoms with Crippen molar-refractivity contribution in [3.8, 4) is 0 Å². The Morgan fingerprint density at radius 3 is 2.58 bits per heavy atom. The molecule has 0 fully saturated rings. The van der Waals surface area contributed by atoms with Gasteiger partial charge in [0.1, 0.15) is 5.82 Å². The van der Waals surface area contributed by atoms with Crippen LogP contribution in [0.25, 0.3) is 0 Å². The molecule has 1 heterocycles. The third-order valence-corrected chi connectivity index (χ3v) is 2.88. The van der Waals surface area contributed by atoms with Crippen LogP contribution < -0.4 is 11.1 Å². The first kappa shape index (κ1) is 13.1. The maximum absolute atomic E-state index is 12.2. The summed E-state index contributed by atoms with van der Waals surface area (Å²) in [6.07, 6.45) is 0. The van der Waals surface area contributed by atoms with Crippen molar-refractivity contribution in [2.45, 2.75) is 20.8 Å². The van der Waals surface area contributed by atoms with Crippen LogP contribution in [-0.2, 0) is 0 Å². The number of anilines is 2. The predicted molar refractivity (Wildman–Crippen MR) is 77.3 cm³/mol. The summed E-state index contributed by atoms with van der Waals surface area (Å²) in [6.45, 7) is 5.76. The minimum absolute atomic E-state index is 0.175. The van der Waals surface area contributed by atoms with Crippen LogP contribution in [0.3, 0.4) is 0 Å². The summed E-state index contributed by atoms with van der Waals surface area (Å²) in [7, 11) is 0. The fourth-order valence-electron chi connectivity index (χ4n) is 1.89. The molecule has 19 heavy (non-hydrogen) atoms. The molecule has 4 nitrogen and oxygen atoms in total. The van der Waals surface area contributed by atoms with E-state index in [0.717, 1.165) is 22.5 Å². The Hall–Kier alpha value is -2.36. The molecule has 1 aromatic heterocycles. The minimum Gasteiger partial charge on any atom is -0.384 e. The summed E-state index contributed by atoms with van der Waals surface area (Å²) in [5.74, 6) is 0.178. The number of rotatable bonds is 2. The average Bonchev–Trinajstić information content (AvgIpc) is 2.32. The van der Waals surface area contributed by atoms with Gasteiger partial charge in [-0.05, 0) is 50.1 Å². The second-order valence-electron chi connectivity index (χ2n) is 4.69. The summed E-state index contributed by atoms with van der Waals surface area (Å²) >= 11 is 0. The second-order valence-corrected chi connectivity index (χ2v) is 4.69. The molecule has 1 aromatic carbocycles. The van der Waals surface area contributed by atoms with E-state index >= 15 is 0 Å². The van der Waals surface area contributed by atoms with Crippen molar-refractivity contribution in [2.24, 2.45) is 0 Å². The molecule has 1 amide bonds. The lowest BCUT2D eigenvalue weighted by Gasteiger charge is -2.10. The molecule has 0 bridgehead atoms. The largest absolute Gasteiger partial charge is 0.384 e. The molecule has 0 aliphatic carbocycles. The van der Waals surface area contributed by atoms with Crippen molar-refractivity contribution < 1.29 is 4.79 Å². The van der Waals surface area contributed by atoms with Gasteiger partial charge in [0, 0.05) is 16.9 Å². The zero-order valence-corrected chi connectivity index (χ0v) is 11.3. The third-order valence-electron chi connectivity index (χ3n) is 2.88. The standard InChI is InChI=1S/C15H17N3O/c1-9-4-5-10(2)13(6-9)18-15(19)12-7-11(3)17-14(16)8-12/h4-8H,1-3H3,(H2,16,17)(H,18,19). The molecule has 0 spiro atoms. The second kappa shape index (κ2) is 5.10. The molecule has 2 rings (SSSR count). The zero-order chi connectivity index (χ0) is 14.0. The van der Waals surface area contributed by atoms with Crippen LogP contribution in [-0.4, -0.2) is 10.9 Å². The highest BCUT2D eigenvalue weighted by Crippen LogP contribution is 2.18. The molecule has 98 valence electrons. The SMILES string of the molecule is Cc1ccc(C)c(NC(=O)c2cc(C)nc(N)c2)c1. The Balaban J connectivity index is 2.28. The lowest BCUT2D eigenvalue weighted by atomic mass is 10.1. The highest BCUT2D eigenvalue weighted by Gasteiger charge is 2.09. The molecule has 0 radical (unpaired) electrons. The molecule has 0 aliphatic rings. The van der Waals surface area contributed by atoms with Crippen molar-refractivity contribution in [2.75, 3.05) is 11.1 Å². The van der Waals surface area contributed by atoms with Gasteiger partial charge in [0.2, 0.25) is 0 Å². The van der Waals surface area contributed by atoms with E-state index < -0.39 is 0 Å². The van der Waals surface area contributed by atoms with Crippen molar-refractivity contribution in [3.63, 3.8) is 0 Å². The van der Waals surface area contributed by atoms with Crippen molar-refractivity contribution >= 4 is 17.4 Å². The fourth-order valence-corrected chi connectivity index (χ4v) is 1.89. The number of nitrogens with two attached hydrogens (primary N) is 1. The molecular formula is C15H17N3O. The van der Waals surface area contributed by atoms with Gasteiger partial charge in [-0.25, -0.2) is 4.98 Å². The smallest absolute Gasteiger partial charge is 0.255 e. The van der Waals surface area contributed by atoms with Gasteiger partial charge in [-0.1, -0.05) is 12.1 Å². The number of carbonyl (C=O) groups excluding carboxylic acids is 1. The Morgan fingerprint density at radius 2 is 1.89 bits per heavy atom. The molecule has 0 aliphatic heterocycles. The van der Waals surface area contributed by atoms with E-state index in [4.69, 9.17) is 5.73 Å². The Labute approximate surface area is 112 Å². The number of aryl methyl sites for hydroxylation is 3. The molecule has 0 atom stereocenters. The third kappa shape index (κ3) is 3.10. The van der Waals surface area contributed by atoms with Crippen LogP contribution >= 0.6 is 0 Å². The lowest BCUT2D eigenvalue weighted by molar-refractivity contribution is 0.102. The quantitative estimate of drug-likeness (QED) is 0.867. The first-order valence-corrected chi connectivity index (χ1v) is 6.08. The van der Waals surface area contributed by atoms with Crippen LogP contribution in [0.2, 0.25) is 0 Å². The van der Waals surface area contributed by atoms with Crippen LogP contribution in [0.5, 0.6) is 0 Å². The zero-order valence-electron chi connectivity index (χ0n) is 11.3. The number of hydrogen-bond acceptors (Lipinski definition) is 3. The van der Waals surface area contributed by atoms with Gasteiger partial charge < -0.3 is 11.1 Å². The monoisotopic (exact) mass is 255 g/mol. The van der Waals surface area contributed by atoms with Crippen LogP contribution in [0.15, 0.2) is 30.3 Å². The maximum Gasteiger partial charge on any atom is 0.255 e. The molecular weight excluding hydrogens is 238 g/mol. The summed E-state index contributed by atoms with van der Waals surface area (Å²) in [4.78, 5) is 16.2. The minimum atomic E-state index is -0.175. The topological polar surface area (TPSA) is 68.0 Å². The van der Waals surface area contributed by atoms with Crippen molar-refractivity contribution in [1.29, 1.82) is 0 Å². The number of nitrogen functional groups attached to an aromatic ring is 1. The van der Waals surface area contributed by atoms with Gasteiger partial charge in [0.05, 0.1) is 0 Å². The number of pyridine rings is 1. The average molecular weight is 255 g/mol. The first-order chi connectivity index (χ1) is 8.95. The summed E-state index contributed by atoms with van der Waals surface area (Å²) in [5.41, 5.74) is 9.85. The number of nitrogens with zero attached hydrogens (tertiary/aromatic N) is 1. The number of benzene rings is 1. The Morgan fingerprint density at radius 1 is 1.16 bits per heavy atom.